The fourth-order valence-electron chi connectivity index (χ4n) is 2.24. The van der Waals surface area contributed by atoms with Crippen LogP contribution in [0.25, 0.3) is 0 Å². The van der Waals surface area contributed by atoms with Gasteiger partial charge in [0.05, 0.1) is 6.10 Å². The number of aliphatic hydroxyl groups excluding tert-OH is 1. The van der Waals surface area contributed by atoms with Gasteiger partial charge in [-0.2, -0.15) is 0 Å². The van der Waals surface area contributed by atoms with Gasteiger partial charge < -0.3 is 5.11 Å². The summed E-state index contributed by atoms with van der Waals surface area (Å²) in [6, 6.07) is 14.8. The molecule has 1 atom stereocenters. The lowest BCUT2D eigenvalue weighted by Crippen LogP contribution is -2.09. The molecule has 1 nitrogen and oxygen atoms in total. The second-order valence-electron chi connectivity index (χ2n) is 4.96. The highest BCUT2D eigenvalue weighted by Gasteiger charge is 2.07. The molecule has 0 aliphatic rings. The molecule has 1 aromatic carbocycles. The van der Waals surface area contributed by atoms with Crippen molar-refractivity contribution in [3.05, 3.63) is 57.8 Å². The summed E-state index contributed by atoms with van der Waals surface area (Å²) in [4.78, 5) is 2.72. The van der Waals surface area contributed by atoms with E-state index in [1.54, 1.807) is 0 Å². The lowest BCUT2D eigenvalue weighted by atomic mass is 10.0. The van der Waals surface area contributed by atoms with Gasteiger partial charge in [-0.1, -0.05) is 37.3 Å². The monoisotopic (exact) mass is 274 g/mol. The van der Waals surface area contributed by atoms with Crippen molar-refractivity contribution >= 4 is 11.3 Å². The zero-order chi connectivity index (χ0) is 13.5. The van der Waals surface area contributed by atoms with Crippen molar-refractivity contribution < 1.29 is 5.11 Å². The molecule has 19 heavy (non-hydrogen) atoms. The Morgan fingerprint density at radius 3 is 2.47 bits per heavy atom. The number of hydrogen-bond acceptors (Lipinski definition) is 2. The molecule has 0 saturated heterocycles. The maximum atomic E-state index is 10.1. The van der Waals surface area contributed by atoms with Gasteiger partial charge in [0.15, 0.2) is 0 Å². The van der Waals surface area contributed by atoms with Crippen LogP contribution in [0.1, 0.15) is 35.1 Å². The molecule has 0 bridgehead atoms. The van der Waals surface area contributed by atoms with Crippen molar-refractivity contribution in [3.63, 3.8) is 0 Å². The second-order valence-corrected chi connectivity index (χ2v) is 6.21. The Bertz CT molecular complexity index is 475. The smallest absolute Gasteiger partial charge is 0.0588 e. The average Bonchev–Trinajstić information content (AvgIpc) is 2.87. The summed E-state index contributed by atoms with van der Waals surface area (Å²) in [6.07, 6.45) is 4.69. The van der Waals surface area contributed by atoms with E-state index in [-0.39, 0.29) is 6.10 Å². The third-order valence-electron chi connectivity index (χ3n) is 3.35. The van der Waals surface area contributed by atoms with Crippen molar-refractivity contribution in [2.24, 2.45) is 0 Å². The Hall–Kier alpha value is -1.12. The molecule has 0 saturated carbocycles. The van der Waals surface area contributed by atoms with Gasteiger partial charge >= 0.3 is 0 Å². The predicted molar refractivity (Wildman–Crippen MR) is 82.8 cm³/mol. The summed E-state index contributed by atoms with van der Waals surface area (Å²) in [7, 11) is 0. The third-order valence-corrected chi connectivity index (χ3v) is 4.60. The van der Waals surface area contributed by atoms with Crippen LogP contribution < -0.4 is 0 Å². The van der Waals surface area contributed by atoms with Crippen LogP contribution in [0.3, 0.4) is 0 Å². The summed E-state index contributed by atoms with van der Waals surface area (Å²) in [6.45, 7) is 2.17. The van der Waals surface area contributed by atoms with E-state index in [0.717, 1.165) is 32.1 Å². The van der Waals surface area contributed by atoms with Crippen molar-refractivity contribution in [3.8, 4) is 0 Å². The van der Waals surface area contributed by atoms with Crippen LogP contribution in [0, 0.1) is 0 Å². The summed E-state index contributed by atoms with van der Waals surface area (Å²) in [5.74, 6) is 0. The Kier molecular flexibility index (Phi) is 5.62. The van der Waals surface area contributed by atoms with Crippen molar-refractivity contribution in [2.45, 2.75) is 45.1 Å². The van der Waals surface area contributed by atoms with Crippen LogP contribution in [0.2, 0.25) is 0 Å². The van der Waals surface area contributed by atoms with Gasteiger partial charge in [-0.25, -0.2) is 0 Å². The van der Waals surface area contributed by atoms with Crippen LogP contribution in [0.15, 0.2) is 42.5 Å². The van der Waals surface area contributed by atoms with E-state index < -0.39 is 0 Å². The topological polar surface area (TPSA) is 20.2 Å². The van der Waals surface area contributed by atoms with E-state index in [1.165, 1.54) is 15.3 Å². The largest absolute Gasteiger partial charge is 0.393 e. The fraction of sp³-hybridized carbons (Fsp3) is 0.412. The zero-order valence-electron chi connectivity index (χ0n) is 11.5. The fourth-order valence-corrected chi connectivity index (χ4v) is 3.27. The number of aryl methyl sites for hydroxylation is 2. The molecule has 0 radical (unpaired) electrons. The average molecular weight is 274 g/mol. The van der Waals surface area contributed by atoms with Crippen LogP contribution >= 0.6 is 11.3 Å². The SMILES string of the molecule is CCc1ccc(CC(O)CCCc2ccccc2)s1. The molecule has 0 spiro atoms. The molecule has 1 N–H and O–H groups in total. The minimum absolute atomic E-state index is 0.202. The molecule has 2 rings (SSSR count). The maximum absolute atomic E-state index is 10.1. The Balaban J connectivity index is 1.71. The van der Waals surface area contributed by atoms with Gasteiger partial charge in [-0.15, -0.1) is 11.3 Å². The molecule has 2 heteroatoms. The molecule has 1 heterocycles. The molecular formula is C17H22OS. The van der Waals surface area contributed by atoms with Crippen LogP contribution in [-0.4, -0.2) is 11.2 Å². The highest BCUT2D eigenvalue weighted by Crippen LogP contribution is 2.19. The minimum atomic E-state index is -0.202. The first-order chi connectivity index (χ1) is 9.28. The van der Waals surface area contributed by atoms with Crippen LogP contribution in [0.5, 0.6) is 0 Å². The Morgan fingerprint density at radius 2 is 1.79 bits per heavy atom. The number of thiophene rings is 1. The van der Waals surface area contributed by atoms with Crippen molar-refractivity contribution in [1.29, 1.82) is 0 Å². The number of hydrogen-bond donors (Lipinski definition) is 1. The van der Waals surface area contributed by atoms with Crippen LogP contribution in [0.4, 0.5) is 0 Å². The van der Waals surface area contributed by atoms with Crippen molar-refractivity contribution in [2.75, 3.05) is 0 Å². The normalized spacial score (nSPS) is 12.5. The zero-order valence-corrected chi connectivity index (χ0v) is 12.3. The van der Waals surface area contributed by atoms with E-state index in [0.29, 0.717) is 0 Å². The van der Waals surface area contributed by atoms with Gasteiger partial charge in [-0.05, 0) is 43.4 Å². The second kappa shape index (κ2) is 7.46. The summed E-state index contributed by atoms with van der Waals surface area (Å²) >= 11 is 1.83. The minimum Gasteiger partial charge on any atom is -0.393 e. The Morgan fingerprint density at radius 1 is 1.05 bits per heavy atom. The number of aliphatic hydroxyl groups is 1. The number of rotatable bonds is 7. The standard InChI is InChI=1S/C17H22OS/c1-2-16-11-12-17(19-16)13-15(18)10-6-9-14-7-4-3-5-8-14/h3-5,7-8,11-12,15,18H,2,6,9-10,13H2,1H3. The van der Waals surface area contributed by atoms with E-state index >= 15 is 0 Å². The molecule has 1 unspecified atom stereocenters. The van der Waals surface area contributed by atoms with E-state index in [4.69, 9.17) is 0 Å². The first-order valence-electron chi connectivity index (χ1n) is 7.07. The molecule has 2 aromatic rings. The van der Waals surface area contributed by atoms with Crippen molar-refractivity contribution in [1.82, 2.24) is 0 Å². The lowest BCUT2D eigenvalue weighted by molar-refractivity contribution is 0.163. The highest BCUT2D eigenvalue weighted by atomic mass is 32.1. The van der Waals surface area contributed by atoms with Gasteiger partial charge in [0, 0.05) is 16.2 Å². The molecule has 1 aromatic heterocycles. The summed E-state index contributed by atoms with van der Waals surface area (Å²) in [5, 5.41) is 10.1. The first-order valence-corrected chi connectivity index (χ1v) is 7.89. The molecular weight excluding hydrogens is 252 g/mol. The Labute approximate surface area is 119 Å². The predicted octanol–water partition coefficient (Wildman–Crippen LogP) is 4.24. The molecule has 0 aliphatic carbocycles. The molecule has 0 amide bonds. The van der Waals surface area contributed by atoms with Gasteiger partial charge in [0.1, 0.15) is 0 Å². The van der Waals surface area contributed by atoms with Gasteiger partial charge in [0.25, 0.3) is 0 Å². The molecule has 0 fully saturated rings. The maximum Gasteiger partial charge on any atom is 0.0588 e. The first kappa shape index (κ1) is 14.3. The van der Waals surface area contributed by atoms with Gasteiger partial charge in [0.2, 0.25) is 0 Å². The quantitative estimate of drug-likeness (QED) is 0.801. The number of benzene rings is 1. The third kappa shape index (κ3) is 4.81. The molecule has 0 aliphatic heterocycles. The lowest BCUT2D eigenvalue weighted by Gasteiger charge is -2.09. The van der Waals surface area contributed by atoms with E-state index in [2.05, 4.69) is 43.3 Å². The van der Waals surface area contributed by atoms with E-state index in [1.807, 2.05) is 17.4 Å². The highest BCUT2D eigenvalue weighted by molar-refractivity contribution is 7.11. The summed E-state index contributed by atoms with van der Waals surface area (Å²) < 4.78 is 0. The van der Waals surface area contributed by atoms with Gasteiger partial charge in [-0.3, -0.25) is 0 Å². The molecule has 102 valence electrons. The summed E-state index contributed by atoms with van der Waals surface area (Å²) in [5.41, 5.74) is 1.36. The van der Waals surface area contributed by atoms with E-state index in [9.17, 15) is 5.11 Å². The van der Waals surface area contributed by atoms with Crippen LogP contribution in [-0.2, 0) is 19.3 Å².